The van der Waals surface area contributed by atoms with Crippen LogP contribution in [0.2, 0.25) is 0 Å². The summed E-state index contributed by atoms with van der Waals surface area (Å²) in [4.78, 5) is 6.99. The second-order valence-corrected chi connectivity index (χ2v) is 0.745. The van der Waals surface area contributed by atoms with E-state index >= 15 is 0 Å². The molecule has 0 aliphatic heterocycles. The van der Waals surface area contributed by atoms with Crippen LogP contribution >= 0.6 is 8.69 Å². The van der Waals surface area contributed by atoms with E-state index < -0.39 is 8.69 Å². The first kappa shape index (κ1) is 15.7. The van der Waals surface area contributed by atoms with Crippen LogP contribution in [0.5, 0.6) is 0 Å². The first-order valence-electron chi connectivity index (χ1n) is 1.38. The topological polar surface area (TPSA) is 49.3 Å². The Kier molecular flexibility index (Phi) is 81.3. The molecule has 0 saturated carbocycles. The molecule has 0 aromatic carbocycles. The second kappa shape index (κ2) is 36.2. The van der Waals surface area contributed by atoms with Gasteiger partial charge in [-0.3, -0.25) is 0 Å². The Morgan fingerprint density at radius 3 is 1.57 bits per heavy atom. The molecule has 0 aliphatic rings. The van der Waals surface area contributed by atoms with Gasteiger partial charge < -0.3 is 10.2 Å². The Morgan fingerprint density at radius 1 is 1.57 bits per heavy atom. The molecule has 7 heavy (non-hydrogen) atoms. The maximum atomic E-state index is 8.46. The van der Waals surface area contributed by atoms with Crippen molar-refractivity contribution >= 4 is 17.1 Å². The summed E-state index contributed by atoms with van der Waals surface area (Å²) in [5.41, 5.74) is 0. The fourth-order valence-electron chi connectivity index (χ4n) is 0. The van der Waals surface area contributed by atoms with E-state index in [4.69, 9.17) is 9.46 Å². The van der Waals surface area contributed by atoms with Gasteiger partial charge in [0.25, 0.3) is 0 Å². The highest BCUT2D eigenvalue weighted by molar-refractivity contribution is 7.16. The van der Waals surface area contributed by atoms with Gasteiger partial charge in [-0.2, -0.15) is 0 Å². The lowest BCUT2D eigenvalue weighted by Gasteiger charge is -1.59. The van der Waals surface area contributed by atoms with Gasteiger partial charge in [0.15, 0.2) is 0 Å². The normalized spacial score (nSPS) is 5.57. The summed E-state index contributed by atoms with van der Waals surface area (Å²) in [5, 5.41) is 2.75. The van der Waals surface area contributed by atoms with Crippen LogP contribution in [-0.2, 0) is 4.57 Å². The smallest absolute Gasteiger partial charge is 0.323 e. The summed E-state index contributed by atoms with van der Waals surface area (Å²) in [6.07, 6.45) is 0. The molecule has 0 heterocycles. The molecule has 0 atom stereocenters. The average Bonchev–Trinajstić information content (AvgIpc) is 1.39. The third-order valence-electron chi connectivity index (χ3n) is 0. The predicted molar refractivity (Wildman–Crippen MR) is 30.6 cm³/mol. The molecule has 0 amide bonds. The molecular formula is C2H8BNO2P. The van der Waals surface area contributed by atoms with Crippen molar-refractivity contribution < 1.29 is 9.46 Å². The van der Waals surface area contributed by atoms with Crippen LogP contribution in [0.4, 0.5) is 0 Å². The molecule has 0 spiro atoms. The lowest BCUT2D eigenvalue weighted by Crippen LogP contribution is -1.89. The lowest BCUT2D eigenvalue weighted by atomic mass is 10.8. The van der Waals surface area contributed by atoms with Crippen molar-refractivity contribution in [2.75, 3.05) is 14.1 Å². The summed E-state index contributed by atoms with van der Waals surface area (Å²) >= 11 is 0. The van der Waals surface area contributed by atoms with Gasteiger partial charge in [-0.1, -0.05) is 0 Å². The van der Waals surface area contributed by atoms with Crippen molar-refractivity contribution in [3.63, 3.8) is 0 Å². The summed E-state index contributed by atoms with van der Waals surface area (Å²) < 4.78 is 8.46. The van der Waals surface area contributed by atoms with Crippen LogP contribution in [-0.4, -0.2) is 27.4 Å². The van der Waals surface area contributed by atoms with E-state index in [0.717, 1.165) is 0 Å². The van der Waals surface area contributed by atoms with Gasteiger partial charge in [0.05, 0.1) is 0 Å². The van der Waals surface area contributed by atoms with E-state index in [0.29, 0.717) is 0 Å². The molecule has 0 aromatic heterocycles. The molecule has 0 rings (SSSR count). The van der Waals surface area contributed by atoms with E-state index in [1.54, 1.807) is 0 Å². The standard InChI is InChI=1S/C2H7N.B.HO2P/c1-3-2;;1-3-2/h3H,1-2H3;;(H,1,2). The third kappa shape index (κ3) is 14100. The molecule has 0 aliphatic carbocycles. The zero-order valence-corrected chi connectivity index (χ0v) is 5.27. The van der Waals surface area contributed by atoms with E-state index in [-0.39, 0.29) is 8.41 Å². The van der Waals surface area contributed by atoms with E-state index in [1.165, 1.54) is 0 Å². The van der Waals surface area contributed by atoms with Crippen molar-refractivity contribution in [2.24, 2.45) is 0 Å². The molecule has 0 unspecified atom stereocenters. The van der Waals surface area contributed by atoms with Gasteiger partial charge >= 0.3 is 8.69 Å². The summed E-state index contributed by atoms with van der Waals surface area (Å²) in [5.74, 6) is 0. The zero-order valence-electron chi connectivity index (χ0n) is 4.38. The lowest BCUT2D eigenvalue weighted by molar-refractivity contribution is 0.524. The number of rotatable bonds is 0. The molecule has 41 valence electrons. The predicted octanol–water partition coefficient (Wildman–Crippen LogP) is -0.360. The Labute approximate surface area is 47.0 Å². The van der Waals surface area contributed by atoms with Gasteiger partial charge in [-0.25, -0.2) is 4.57 Å². The van der Waals surface area contributed by atoms with E-state index in [9.17, 15) is 0 Å². The fraction of sp³-hybridized carbons (Fsp3) is 1.00. The minimum Gasteiger partial charge on any atom is -0.323 e. The van der Waals surface area contributed by atoms with Crippen molar-refractivity contribution in [1.82, 2.24) is 5.32 Å². The average molecular weight is 120 g/mol. The molecule has 0 aromatic rings. The maximum absolute atomic E-state index is 8.46. The van der Waals surface area contributed by atoms with Crippen molar-refractivity contribution in [1.29, 1.82) is 0 Å². The quantitative estimate of drug-likeness (QED) is 0.339. The molecule has 0 bridgehead atoms. The fourth-order valence-corrected chi connectivity index (χ4v) is 0. The molecule has 0 saturated heterocycles. The van der Waals surface area contributed by atoms with Crippen molar-refractivity contribution in [3.05, 3.63) is 0 Å². The van der Waals surface area contributed by atoms with Gasteiger partial charge in [-0.15, -0.1) is 0 Å². The summed E-state index contributed by atoms with van der Waals surface area (Å²) in [7, 11) is 2.92. The van der Waals surface area contributed by atoms with Gasteiger partial charge in [-0.05, 0) is 14.1 Å². The highest BCUT2D eigenvalue weighted by Gasteiger charge is 1.28. The van der Waals surface area contributed by atoms with Crippen LogP contribution < -0.4 is 5.32 Å². The van der Waals surface area contributed by atoms with Crippen LogP contribution in [0.25, 0.3) is 0 Å². The number of hydrogen-bond acceptors (Lipinski definition) is 2. The van der Waals surface area contributed by atoms with Crippen molar-refractivity contribution in [3.8, 4) is 0 Å². The van der Waals surface area contributed by atoms with Crippen LogP contribution in [0.1, 0.15) is 0 Å². The highest BCUT2D eigenvalue weighted by atomic mass is 31.1. The van der Waals surface area contributed by atoms with Crippen molar-refractivity contribution in [2.45, 2.75) is 0 Å². The molecule has 3 radical (unpaired) electrons. The Balaban J connectivity index is -0.0000000400. The minimum absolute atomic E-state index is 0. The molecule has 0 fully saturated rings. The van der Waals surface area contributed by atoms with Crippen LogP contribution in [0, 0.1) is 0 Å². The zero-order chi connectivity index (χ0) is 5.41. The first-order chi connectivity index (χ1) is 2.83. The maximum Gasteiger partial charge on any atom is 0.324 e. The molecule has 3 nitrogen and oxygen atoms in total. The molecule has 2 N–H and O–H groups in total. The highest BCUT2D eigenvalue weighted by Crippen LogP contribution is 1.66. The van der Waals surface area contributed by atoms with Crippen LogP contribution in [0.15, 0.2) is 0 Å². The second-order valence-electron chi connectivity index (χ2n) is 0.582. The van der Waals surface area contributed by atoms with Crippen LogP contribution in [0.3, 0.4) is 0 Å². The largest absolute Gasteiger partial charge is 0.324 e. The van der Waals surface area contributed by atoms with E-state index in [1.807, 2.05) is 14.1 Å². The minimum atomic E-state index is -0.833. The van der Waals surface area contributed by atoms with Gasteiger partial charge in [0.2, 0.25) is 0 Å². The molecular weight excluding hydrogens is 112 g/mol. The van der Waals surface area contributed by atoms with Gasteiger partial charge in [0.1, 0.15) is 0 Å². The number of hydrogen-bond donors (Lipinski definition) is 2. The first-order valence-corrected chi connectivity index (χ1v) is 2.15. The number of nitrogens with one attached hydrogen (secondary N) is 1. The Hall–Kier alpha value is 0.0849. The molecule has 5 heteroatoms. The Morgan fingerprint density at radius 2 is 1.57 bits per heavy atom. The monoisotopic (exact) mass is 120 g/mol. The van der Waals surface area contributed by atoms with E-state index in [2.05, 4.69) is 5.32 Å². The summed E-state index contributed by atoms with van der Waals surface area (Å²) in [6, 6.07) is 0. The van der Waals surface area contributed by atoms with Gasteiger partial charge in [0, 0.05) is 8.41 Å². The summed E-state index contributed by atoms with van der Waals surface area (Å²) in [6.45, 7) is 0. The SMILES string of the molecule is CNC.O=PO.[B]. The third-order valence-corrected chi connectivity index (χ3v) is 0. The Bertz CT molecular complexity index is 29.7.